The zero-order chi connectivity index (χ0) is 26.0. The number of nitrogens with one attached hydrogen (secondary N) is 1. The number of carbonyl (C=O) groups is 2. The summed E-state index contributed by atoms with van der Waals surface area (Å²) >= 11 is 1.38. The zero-order valence-corrected chi connectivity index (χ0v) is 20.6. The number of piperazine rings is 1. The van der Waals surface area contributed by atoms with Crippen molar-refractivity contribution in [3.8, 4) is 0 Å². The number of anilines is 2. The van der Waals surface area contributed by atoms with Crippen LogP contribution in [0.2, 0.25) is 0 Å². The van der Waals surface area contributed by atoms with Crippen LogP contribution in [0.25, 0.3) is 6.08 Å². The number of hydrogen-bond acceptors (Lipinski definition) is 6. The summed E-state index contributed by atoms with van der Waals surface area (Å²) in [4.78, 5) is 35.0. The Morgan fingerprint density at radius 2 is 1.95 bits per heavy atom. The van der Waals surface area contributed by atoms with Crippen molar-refractivity contribution in [3.05, 3.63) is 70.6 Å². The lowest BCUT2D eigenvalue weighted by molar-refractivity contribution is -0.137. The monoisotopic (exact) mass is 530 g/mol. The van der Waals surface area contributed by atoms with Gasteiger partial charge in [-0.25, -0.2) is 4.98 Å². The average Bonchev–Trinajstić information content (AvgIpc) is 3.56. The van der Waals surface area contributed by atoms with Crippen LogP contribution in [-0.4, -0.2) is 47.9 Å². The van der Waals surface area contributed by atoms with Gasteiger partial charge in [0.2, 0.25) is 11.8 Å². The summed E-state index contributed by atoms with van der Waals surface area (Å²) in [5.41, 5.74) is 0.538. The molecule has 0 bridgehead atoms. The van der Waals surface area contributed by atoms with Crippen LogP contribution in [0.5, 0.6) is 0 Å². The molecule has 7 nitrogen and oxygen atoms in total. The topological polar surface area (TPSA) is 78.7 Å². The van der Waals surface area contributed by atoms with Crippen LogP contribution < -0.4 is 10.2 Å². The van der Waals surface area contributed by atoms with Crippen LogP contribution >= 0.6 is 11.3 Å². The first kappa shape index (κ1) is 25.1. The summed E-state index contributed by atoms with van der Waals surface area (Å²) < 4.78 is 44.5. The third-order valence-corrected chi connectivity index (χ3v) is 7.60. The number of amides is 2. The van der Waals surface area contributed by atoms with Crippen LogP contribution in [0, 0.1) is 0 Å². The normalized spacial score (nSPS) is 18.2. The molecule has 1 saturated heterocycles. The molecule has 11 heteroatoms. The van der Waals surface area contributed by atoms with E-state index in [1.807, 2.05) is 4.90 Å². The summed E-state index contributed by atoms with van der Waals surface area (Å²) in [5, 5.41) is 3.22. The molecule has 1 aromatic carbocycles. The second kappa shape index (κ2) is 10.4. The standard InChI is InChI=1S/C26H25F3N4O3S/c27-26(28,29)17-4-1-5-18(16-17)32-11-13-33(14-12-32)24(35)20-7-2-8-21-23(20)31-25(37-21)30-22(34)10-9-19-6-3-15-36-19/h1,3-6,9-10,15-16,20H,2,7-8,11-14H2,(H,30,31,34). The Balaban J connectivity index is 1.22. The van der Waals surface area contributed by atoms with Gasteiger partial charge >= 0.3 is 6.18 Å². The van der Waals surface area contributed by atoms with Gasteiger partial charge in [-0.05, 0) is 55.7 Å². The number of aryl methyl sites for hydroxylation is 1. The van der Waals surface area contributed by atoms with E-state index in [0.717, 1.165) is 29.9 Å². The molecule has 2 aliphatic rings. The van der Waals surface area contributed by atoms with E-state index >= 15 is 0 Å². The number of hydrogen-bond donors (Lipinski definition) is 1. The Morgan fingerprint density at radius 3 is 2.68 bits per heavy atom. The van der Waals surface area contributed by atoms with E-state index in [4.69, 9.17) is 4.42 Å². The smallest absolute Gasteiger partial charge is 0.416 e. The third kappa shape index (κ3) is 5.71. The highest BCUT2D eigenvalue weighted by Crippen LogP contribution is 2.38. The summed E-state index contributed by atoms with van der Waals surface area (Å²) in [6.45, 7) is 1.75. The molecular weight excluding hydrogens is 505 g/mol. The first-order chi connectivity index (χ1) is 17.8. The Kier molecular flexibility index (Phi) is 7.05. The fourth-order valence-electron chi connectivity index (χ4n) is 4.69. The molecule has 1 N–H and O–H groups in total. The predicted molar refractivity (Wildman–Crippen MR) is 134 cm³/mol. The Hall–Kier alpha value is -3.60. The number of aromatic nitrogens is 1. The fraction of sp³-hybridized carbons (Fsp3) is 0.346. The molecule has 194 valence electrons. The van der Waals surface area contributed by atoms with Gasteiger partial charge in [0.25, 0.3) is 0 Å². The lowest BCUT2D eigenvalue weighted by atomic mass is 9.89. The highest BCUT2D eigenvalue weighted by atomic mass is 32.1. The number of carbonyl (C=O) groups excluding carboxylic acids is 2. The van der Waals surface area contributed by atoms with Gasteiger partial charge in [-0.3, -0.25) is 14.9 Å². The van der Waals surface area contributed by atoms with Gasteiger partial charge < -0.3 is 14.2 Å². The van der Waals surface area contributed by atoms with Crippen LogP contribution in [0.4, 0.5) is 24.0 Å². The molecule has 2 amide bonds. The van der Waals surface area contributed by atoms with Crippen molar-refractivity contribution < 1.29 is 27.2 Å². The van der Waals surface area contributed by atoms with Crippen molar-refractivity contribution in [1.29, 1.82) is 0 Å². The summed E-state index contributed by atoms with van der Waals surface area (Å²) in [6.07, 6.45) is 2.39. The lowest BCUT2D eigenvalue weighted by Crippen LogP contribution is -2.50. The first-order valence-corrected chi connectivity index (χ1v) is 12.8. The zero-order valence-electron chi connectivity index (χ0n) is 19.8. The van der Waals surface area contributed by atoms with Crippen LogP contribution in [-0.2, 0) is 22.2 Å². The van der Waals surface area contributed by atoms with Gasteiger partial charge in [0, 0.05) is 42.8 Å². The summed E-state index contributed by atoms with van der Waals surface area (Å²) in [6, 6.07) is 8.75. The van der Waals surface area contributed by atoms with E-state index in [9.17, 15) is 22.8 Å². The second-order valence-electron chi connectivity index (χ2n) is 8.97. The van der Waals surface area contributed by atoms with E-state index in [1.54, 1.807) is 29.2 Å². The van der Waals surface area contributed by atoms with Gasteiger partial charge in [-0.1, -0.05) is 6.07 Å². The maximum Gasteiger partial charge on any atom is 0.416 e. The Bertz CT molecular complexity index is 1290. The van der Waals surface area contributed by atoms with Crippen LogP contribution in [0.1, 0.15) is 40.7 Å². The molecular formula is C26H25F3N4O3S. The summed E-state index contributed by atoms with van der Waals surface area (Å²) in [5.74, 6) is -0.182. The largest absolute Gasteiger partial charge is 0.465 e. The van der Waals surface area contributed by atoms with Gasteiger partial charge in [0.1, 0.15) is 5.76 Å². The van der Waals surface area contributed by atoms with E-state index in [2.05, 4.69) is 10.3 Å². The SMILES string of the molecule is O=C(C=Cc1ccco1)Nc1nc2c(s1)CCCC2C(=O)N1CCN(c2cccc(C(F)(F)F)c2)CC1. The van der Waals surface area contributed by atoms with E-state index in [1.165, 1.54) is 29.7 Å². The van der Waals surface area contributed by atoms with Gasteiger partial charge in [0.15, 0.2) is 5.13 Å². The molecule has 1 atom stereocenters. The molecule has 1 aliphatic heterocycles. The predicted octanol–water partition coefficient (Wildman–Crippen LogP) is 5.18. The molecule has 5 rings (SSSR count). The average molecular weight is 531 g/mol. The Morgan fingerprint density at radius 1 is 1.14 bits per heavy atom. The van der Waals surface area contributed by atoms with Crippen LogP contribution in [0.3, 0.4) is 0 Å². The minimum atomic E-state index is -4.39. The number of thiazole rings is 1. The molecule has 0 saturated carbocycles. The number of benzene rings is 1. The Labute approximate surface area is 215 Å². The van der Waals surface area contributed by atoms with Crippen molar-refractivity contribution in [2.45, 2.75) is 31.4 Å². The molecule has 37 heavy (non-hydrogen) atoms. The highest BCUT2D eigenvalue weighted by molar-refractivity contribution is 7.15. The third-order valence-electron chi connectivity index (χ3n) is 6.55. The van der Waals surface area contributed by atoms with Gasteiger partial charge in [-0.2, -0.15) is 13.2 Å². The molecule has 3 aromatic rings. The van der Waals surface area contributed by atoms with E-state index in [0.29, 0.717) is 54.9 Å². The molecule has 1 unspecified atom stereocenters. The lowest BCUT2D eigenvalue weighted by Gasteiger charge is -2.38. The fourth-order valence-corrected chi connectivity index (χ4v) is 5.76. The van der Waals surface area contributed by atoms with Crippen molar-refractivity contribution >= 4 is 40.0 Å². The molecule has 2 aromatic heterocycles. The van der Waals surface area contributed by atoms with Gasteiger partial charge in [-0.15, -0.1) is 11.3 Å². The number of nitrogens with zero attached hydrogens (tertiary/aromatic N) is 3. The van der Waals surface area contributed by atoms with Crippen LogP contribution in [0.15, 0.2) is 53.2 Å². The maximum atomic E-state index is 13.4. The highest BCUT2D eigenvalue weighted by Gasteiger charge is 2.35. The first-order valence-electron chi connectivity index (χ1n) is 12.0. The quantitative estimate of drug-likeness (QED) is 0.460. The maximum absolute atomic E-state index is 13.4. The number of fused-ring (bicyclic) bond motifs is 1. The number of furan rings is 1. The molecule has 0 radical (unpaired) electrons. The minimum absolute atomic E-state index is 0.0227. The van der Waals surface area contributed by atoms with Crippen molar-refractivity contribution in [2.75, 3.05) is 36.4 Å². The van der Waals surface area contributed by atoms with Gasteiger partial charge in [0.05, 0.1) is 23.4 Å². The number of halogens is 3. The molecule has 1 fully saturated rings. The molecule has 0 spiro atoms. The summed E-state index contributed by atoms with van der Waals surface area (Å²) in [7, 11) is 0. The molecule has 3 heterocycles. The number of rotatable bonds is 5. The second-order valence-corrected chi connectivity index (χ2v) is 10.1. The van der Waals surface area contributed by atoms with Crippen molar-refractivity contribution in [1.82, 2.24) is 9.88 Å². The minimum Gasteiger partial charge on any atom is -0.465 e. The number of alkyl halides is 3. The van der Waals surface area contributed by atoms with Crippen molar-refractivity contribution in [3.63, 3.8) is 0 Å². The van der Waals surface area contributed by atoms with E-state index in [-0.39, 0.29) is 17.7 Å². The molecule has 1 aliphatic carbocycles. The van der Waals surface area contributed by atoms with E-state index < -0.39 is 11.7 Å². The van der Waals surface area contributed by atoms with Crippen molar-refractivity contribution in [2.24, 2.45) is 0 Å².